The standard InChI is InChI=1S/C21H34O4/c1-20-10-9-19(23)17(18(20)14-21(20)24-11-12-25-21)8-7-16(22)13-15-5-3-2-4-6-15/h7-8,15-19,22-23H,2-6,9-14H2,1H3/b8-7+/t16-,17+,18+,19+,20-/m1/s1. The van der Waals surface area contributed by atoms with Crippen LogP contribution in [0.25, 0.3) is 0 Å². The molecule has 142 valence electrons. The first kappa shape index (κ1) is 18.0. The van der Waals surface area contributed by atoms with Crippen molar-refractivity contribution in [1.82, 2.24) is 0 Å². The van der Waals surface area contributed by atoms with Gasteiger partial charge in [-0.1, -0.05) is 51.2 Å². The van der Waals surface area contributed by atoms with Gasteiger partial charge in [0.05, 0.1) is 25.4 Å². The molecule has 25 heavy (non-hydrogen) atoms. The first-order valence-corrected chi connectivity index (χ1v) is 10.4. The molecule has 4 heteroatoms. The van der Waals surface area contributed by atoms with E-state index in [0.29, 0.717) is 25.0 Å². The van der Waals surface area contributed by atoms with Gasteiger partial charge < -0.3 is 19.7 Å². The highest BCUT2D eigenvalue weighted by Crippen LogP contribution is 2.66. The quantitative estimate of drug-likeness (QED) is 0.763. The van der Waals surface area contributed by atoms with Crippen LogP contribution in [0.3, 0.4) is 0 Å². The maximum absolute atomic E-state index is 10.6. The Bertz CT molecular complexity index is 492. The topological polar surface area (TPSA) is 58.9 Å². The summed E-state index contributed by atoms with van der Waals surface area (Å²) in [6.07, 6.45) is 13.3. The molecule has 4 aliphatic rings. The molecule has 0 aromatic heterocycles. The van der Waals surface area contributed by atoms with Gasteiger partial charge in [-0.2, -0.15) is 0 Å². The molecule has 4 nitrogen and oxygen atoms in total. The molecule has 0 amide bonds. The Morgan fingerprint density at radius 3 is 2.56 bits per heavy atom. The molecule has 2 N–H and O–H groups in total. The van der Waals surface area contributed by atoms with E-state index in [1.165, 1.54) is 32.1 Å². The molecule has 4 fully saturated rings. The largest absolute Gasteiger partial charge is 0.393 e. The zero-order valence-electron chi connectivity index (χ0n) is 15.5. The van der Waals surface area contributed by atoms with Gasteiger partial charge >= 0.3 is 0 Å². The zero-order chi connectivity index (χ0) is 17.5. The second-order valence-electron chi connectivity index (χ2n) is 9.05. The predicted molar refractivity (Wildman–Crippen MR) is 95.9 cm³/mol. The number of hydrogen-bond donors (Lipinski definition) is 2. The number of rotatable bonds is 4. The molecule has 4 rings (SSSR count). The maximum atomic E-state index is 10.6. The van der Waals surface area contributed by atoms with Gasteiger partial charge in [0.1, 0.15) is 0 Å². The minimum Gasteiger partial charge on any atom is -0.393 e. The van der Waals surface area contributed by atoms with Crippen molar-refractivity contribution in [2.75, 3.05) is 13.2 Å². The monoisotopic (exact) mass is 350 g/mol. The zero-order valence-corrected chi connectivity index (χ0v) is 15.5. The van der Waals surface area contributed by atoms with Crippen molar-refractivity contribution >= 4 is 0 Å². The van der Waals surface area contributed by atoms with Gasteiger partial charge in [-0.3, -0.25) is 0 Å². The van der Waals surface area contributed by atoms with E-state index < -0.39 is 5.79 Å². The lowest BCUT2D eigenvalue weighted by Gasteiger charge is -2.64. The first-order valence-electron chi connectivity index (χ1n) is 10.4. The first-order chi connectivity index (χ1) is 12.0. The second-order valence-corrected chi connectivity index (χ2v) is 9.05. The summed E-state index contributed by atoms with van der Waals surface area (Å²) in [5, 5.41) is 21.0. The van der Waals surface area contributed by atoms with Crippen molar-refractivity contribution in [3.8, 4) is 0 Å². The van der Waals surface area contributed by atoms with Gasteiger partial charge in [-0.25, -0.2) is 0 Å². The fourth-order valence-electron chi connectivity index (χ4n) is 6.01. The Hall–Kier alpha value is -0.420. The van der Waals surface area contributed by atoms with E-state index in [1.54, 1.807) is 0 Å². The molecular weight excluding hydrogens is 316 g/mol. The van der Waals surface area contributed by atoms with Crippen LogP contribution in [0.1, 0.15) is 64.7 Å². The highest BCUT2D eigenvalue weighted by Gasteiger charge is 2.69. The van der Waals surface area contributed by atoms with E-state index >= 15 is 0 Å². The molecule has 0 aromatic carbocycles. The fraction of sp³-hybridized carbons (Fsp3) is 0.905. The summed E-state index contributed by atoms with van der Waals surface area (Å²) in [4.78, 5) is 0. The van der Waals surface area contributed by atoms with Crippen LogP contribution in [-0.4, -0.2) is 41.4 Å². The number of ether oxygens (including phenoxy) is 2. The summed E-state index contributed by atoms with van der Waals surface area (Å²) in [6, 6.07) is 0. The van der Waals surface area contributed by atoms with Crippen LogP contribution in [0.2, 0.25) is 0 Å². The van der Waals surface area contributed by atoms with E-state index in [1.807, 2.05) is 6.08 Å². The van der Waals surface area contributed by atoms with E-state index in [9.17, 15) is 10.2 Å². The number of aliphatic hydroxyl groups excluding tert-OH is 2. The molecule has 1 saturated heterocycles. The summed E-state index contributed by atoms with van der Waals surface area (Å²) < 4.78 is 12.0. The highest BCUT2D eigenvalue weighted by molar-refractivity contribution is 5.17. The Balaban J connectivity index is 1.39. The SMILES string of the molecule is C[C@@]12CC[C@H](O)[C@@H](/C=C/[C@@H](O)CC3CCCCC3)[C@@H]1CC21OCCO1. The van der Waals surface area contributed by atoms with Crippen LogP contribution in [-0.2, 0) is 9.47 Å². The third kappa shape index (κ3) is 3.09. The molecule has 0 radical (unpaired) electrons. The summed E-state index contributed by atoms with van der Waals surface area (Å²) in [6.45, 7) is 3.63. The Kier molecular flexibility index (Phi) is 5.00. The smallest absolute Gasteiger partial charge is 0.174 e. The fourth-order valence-corrected chi connectivity index (χ4v) is 6.01. The van der Waals surface area contributed by atoms with Gasteiger partial charge in [-0.05, 0) is 31.1 Å². The third-order valence-electron chi connectivity index (χ3n) is 7.65. The number of aliphatic hydroxyl groups is 2. The van der Waals surface area contributed by atoms with Crippen molar-refractivity contribution in [3.63, 3.8) is 0 Å². The lowest BCUT2D eigenvalue weighted by molar-refractivity contribution is -0.344. The summed E-state index contributed by atoms with van der Waals surface area (Å²) >= 11 is 0. The lowest BCUT2D eigenvalue weighted by atomic mass is 9.47. The van der Waals surface area contributed by atoms with Crippen LogP contribution >= 0.6 is 0 Å². The van der Waals surface area contributed by atoms with Crippen LogP contribution < -0.4 is 0 Å². The Labute approximate surface area is 151 Å². The van der Waals surface area contributed by atoms with Crippen molar-refractivity contribution in [2.45, 2.75) is 82.7 Å². The van der Waals surface area contributed by atoms with Gasteiger partial charge in [0.2, 0.25) is 0 Å². The molecule has 1 spiro atoms. The minimum absolute atomic E-state index is 0.00788. The molecule has 0 aromatic rings. The van der Waals surface area contributed by atoms with E-state index in [0.717, 1.165) is 25.7 Å². The van der Waals surface area contributed by atoms with E-state index in [4.69, 9.17) is 9.47 Å². The second kappa shape index (κ2) is 6.95. The summed E-state index contributed by atoms with van der Waals surface area (Å²) in [5.41, 5.74) is -0.00788. The van der Waals surface area contributed by atoms with Gasteiger partial charge in [0, 0.05) is 17.8 Å². The molecule has 5 atom stereocenters. The molecule has 0 unspecified atom stereocenters. The molecule has 1 heterocycles. The maximum Gasteiger partial charge on any atom is 0.174 e. The molecule has 1 aliphatic heterocycles. The van der Waals surface area contributed by atoms with Gasteiger partial charge in [0.15, 0.2) is 5.79 Å². The number of hydrogen-bond acceptors (Lipinski definition) is 4. The van der Waals surface area contributed by atoms with Gasteiger partial charge in [-0.15, -0.1) is 0 Å². The van der Waals surface area contributed by atoms with Crippen LogP contribution in [0.15, 0.2) is 12.2 Å². The Morgan fingerprint density at radius 2 is 1.84 bits per heavy atom. The Morgan fingerprint density at radius 1 is 1.12 bits per heavy atom. The normalized spacial score (nSPS) is 42.4. The molecule has 0 bridgehead atoms. The minimum atomic E-state index is -0.412. The average molecular weight is 350 g/mol. The average Bonchev–Trinajstić information content (AvgIpc) is 3.11. The van der Waals surface area contributed by atoms with Crippen LogP contribution in [0.5, 0.6) is 0 Å². The van der Waals surface area contributed by atoms with E-state index in [-0.39, 0.29) is 23.5 Å². The number of fused-ring (bicyclic) bond motifs is 2. The van der Waals surface area contributed by atoms with Crippen molar-refractivity contribution in [2.24, 2.45) is 23.2 Å². The van der Waals surface area contributed by atoms with Crippen LogP contribution in [0, 0.1) is 23.2 Å². The van der Waals surface area contributed by atoms with Crippen molar-refractivity contribution < 1.29 is 19.7 Å². The van der Waals surface area contributed by atoms with Crippen LogP contribution in [0.4, 0.5) is 0 Å². The molecule has 3 aliphatic carbocycles. The molecular formula is C21H34O4. The van der Waals surface area contributed by atoms with Crippen molar-refractivity contribution in [3.05, 3.63) is 12.2 Å². The lowest BCUT2D eigenvalue weighted by Crippen LogP contribution is -2.67. The third-order valence-corrected chi connectivity index (χ3v) is 7.65. The summed E-state index contributed by atoms with van der Waals surface area (Å²) in [7, 11) is 0. The van der Waals surface area contributed by atoms with E-state index in [2.05, 4.69) is 13.0 Å². The van der Waals surface area contributed by atoms with Gasteiger partial charge in [0.25, 0.3) is 0 Å². The highest BCUT2D eigenvalue weighted by atomic mass is 16.7. The predicted octanol–water partition coefficient (Wildman–Crippen LogP) is 3.41. The summed E-state index contributed by atoms with van der Waals surface area (Å²) in [5.74, 6) is 0.748. The molecule has 3 saturated carbocycles. The van der Waals surface area contributed by atoms with Crippen molar-refractivity contribution in [1.29, 1.82) is 0 Å².